The number of para-hydroxylation sites is 1. The first-order chi connectivity index (χ1) is 10.3. The Balaban J connectivity index is 1.93. The van der Waals surface area contributed by atoms with Crippen LogP contribution in [0.1, 0.15) is 17.3 Å². The Bertz CT molecular complexity index is 758. The van der Waals surface area contributed by atoms with Gasteiger partial charge in [0.25, 0.3) is 0 Å². The fourth-order valence-corrected chi connectivity index (χ4v) is 2.62. The lowest BCUT2D eigenvalue weighted by atomic mass is 10.0. The zero-order valence-electron chi connectivity index (χ0n) is 11.5. The number of halogens is 1. The molecule has 1 aromatic heterocycles. The van der Waals surface area contributed by atoms with Crippen molar-refractivity contribution in [2.45, 2.75) is 12.5 Å². The summed E-state index contributed by atoms with van der Waals surface area (Å²) in [6.45, 7) is 0. The van der Waals surface area contributed by atoms with Crippen molar-refractivity contribution in [3.8, 4) is 0 Å². The lowest BCUT2D eigenvalue weighted by molar-refractivity contribution is 0.540. The van der Waals surface area contributed by atoms with E-state index in [2.05, 4.69) is 16.5 Å². The molecule has 0 aliphatic heterocycles. The van der Waals surface area contributed by atoms with Crippen molar-refractivity contribution in [3.05, 3.63) is 76.9 Å². The number of nitrogens with two attached hydrogens (primary N) is 1. The third-order valence-corrected chi connectivity index (χ3v) is 3.93. The van der Waals surface area contributed by atoms with Crippen LogP contribution in [0, 0.1) is 0 Å². The highest BCUT2D eigenvalue weighted by atomic mass is 35.5. The van der Waals surface area contributed by atoms with E-state index in [0.717, 1.165) is 27.2 Å². The topological polar surface area (TPSA) is 50.9 Å². The number of nitrogens with zero attached hydrogens (tertiary/aromatic N) is 1. The van der Waals surface area contributed by atoms with Gasteiger partial charge in [-0.3, -0.25) is 16.3 Å². The molecule has 3 nitrogen and oxygen atoms in total. The number of hydrogen-bond donors (Lipinski definition) is 2. The molecule has 1 atom stereocenters. The lowest BCUT2D eigenvalue weighted by Gasteiger charge is -2.16. The molecule has 0 aliphatic rings. The average Bonchev–Trinajstić information content (AvgIpc) is 2.54. The highest BCUT2D eigenvalue weighted by Gasteiger charge is 2.14. The number of nitrogens with one attached hydrogen (secondary N) is 1. The number of hydrazine groups is 1. The Kier molecular flexibility index (Phi) is 4.15. The minimum absolute atomic E-state index is 0.0745. The van der Waals surface area contributed by atoms with Crippen LogP contribution in [0.5, 0.6) is 0 Å². The van der Waals surface area contributed by atoms with Crippen molar-refractivity contribution in [1.29, 1.82) is 0 Å². The van der Waals surface area contributed by atoms with Gasteiger partial charge in [0.15, 0.2) is 0 Å². The molecule has 106 valence electrons. The zero-order valence-corrected chi connectivity index (χ0v) is 12.2. The van der Waals surface area contributed by atoms with Gasteiger partial charge in [0, 0.05) is 10.4 Å². The third-order valence-electron chi connectivity index (χ3n) is 3.56. The quantitative estimate of drug-likeness (QED) is 0.571. The van der Waals surface area contributed by atoms with Gasteiger partial charge in [-0.2, -0.15) is 0 Å². The summed E-state index contributed by atoms with van der Waals surface area (Å²) in [7, 11) is 0. The molecule has 1 heterocycles. The van der Waals surface area contributed by atoms with Crippen molar-refractivity contribution in [2.75, 3.05) is 0 Å². The first kappa shape index (κ1) is 14.0. The maximum atomic E-state index is 6.22. The van der Waals surface area contributed by atoms with Gasteiger partial charge in [-0.1, -0.05) is 54.1 Å². The molecule has 4 heteroatoms. The molecule has 0 fully saturated rings. The minimum atomic E-state index is -0.0745. The van der Waals surface area contributed by atoms with Gasteiger partial charge in [-0.05, 0) is 30.2 Å². The Morgan fingerprint density at radius 2 is 1.76 bits per heavy atom. The van der Waals surface area contributed by atoms with Crippen LogP contribution in [-0.4, -0.2) is 4.98 Å². The van der Waals surface area contributed by atoms with E-state index in [0.29, 0.717) is 6.42 Å². The van der Waals surface area contributed by atoms with E-state index in [1.54, 1.807) is 0 Å². The van der Waals surface area contributed by atoms with Crippen LogP contribution >= 0.6 is 11.6 Å². The number of rotatable bonds is 4. The van der Waals surface area contributed by atoms with Crippen LogP contribution < -0.4 is 11.3 Å². The second-order valence-corrected chi connectivity index (χ2v) is 5.35. The molecule has 0 saturated carbocycles. The summed E-state index contributed by atoms with van der Waals surface area (Å²) in [4.78, 5) is 4.69. The molecule has 0 bridgehead atoms. The summed E-state index contributed by atoms with van der Waals surface area (Å²) in [6, 6.07) is 19.8. The predicted molar refractivity (Wildman–Crippen MR) is 87.0 cm³/mol. The molecular formula is C17H16ClN3. The molecule has 0 saturated heterocycles. The van der Waals surface area contributed by atoms with Crippen molar-refractivity contribution in [2.24, 2.45) is 5.84 Å². The third kappa shape index (κ3) is 3.05. The molecule has 3 rings (SSSR count). The molecule has 3 N–H and O–H groups in total. The van der Waals surface area contributed by atoms with E-state index in [9.17, 15) is 0 Å². The van der Waals surface area contributed by atoms with Gasteiger partial charge < -0.3 is 0 Å². The molecule has 21 heavy (non-hydrogen) atoms. The summed E-state index contributed by atoms with van der Waals surface area (Å²) in [6.07, 6.45) is 0.696. The molecule has 0 spiro atoms. The number of pyridine rings is 1. The fraction of sp³-hybridized carbons (Fsp3) is 0.118. The molecule has 1 unspecified atom stereocenters. The highest BCUT2D eigenvalue weighted by molar-refractivity contribution is 6.31. The van der Waals surface area contributed by atoms with Crippen LogP contribution in [0.2, 0.25) is 5.02 Å². The van der Waals surface area contributed by atoms with Gasteiger partial charge in [0.2, 0.25) is 0 Å². The van der Waals surface area contributed by atoms with E-state index in [-0.39, 0.29) is 6.04 Å². The maximum absolute atomic E-state index is 6.22. The van der Waals surface area contributed by atoms with E-state index >= 15 is 0 Å². The maximum Gasteiger partial charge on any atom is 0.0706 e. The average molecular weight is 298 g/mol. The first-order valence-corrected chi connectivity index (χ1v) is 7.21. The molecule has 0 amide bonds. The zero-order chi connectivity index (χ0) is 14.7. The van der Waals surface area contributed by atoms with Crippen LogP contribution in [0.3, 0.4) is 0 Å². The summed E-state index contributed by atoms with van der Waals surface area (Å²) in [5.41, 5.74) is 5.77. The van der Waals surface area contributed by atoms with Gasteiger partial charge in [0.1, 0.15) is 0 Å². The van der Waals surface area contributed by atoms with E-state index < -0.39 is 0 Å². The number of fused-ring (bicyclic) bond motifs is 1. The smallest absolute Gasteiger partial charge is 0.0706 e. The number of benzene rings is 2. The Morgan fingerprint density at radius 1 is 1.00 bits per heavy atom. The molecule has 0 aliphatic carbocycles. The van der Waals surface area contributed by atoms with Crippen LogP contribution in [0.15, 0.2) is 60.7 Å². The standard InChI is InChI=1S/C17H16ClN3/c18-14-7-3-1-6-13(14)11-17(21-19)16-10-9-12-5-2-4-8-15(12)20-16/h1-10,17,21H,11,19H2. The normalized spacial score (nSPS) is 12.5. The summed E-state index contributed by atoms with van der Waals surface area (Å²) in [5.74, 6) is 5.71. The predicted octanol–water partition coefficient (Wildman–Crippen LogP) is 3.64. The molecule has 2 aromatic carbocycles. The molecule has 3 aromatic rings. The Labute approximate surface area is 128 Å². The largest absolute Gasteiger partial charge is 0.271 e. The van der Waals surface area contributed by atoms with Crippen LogP contribution in [-0.2, 0) is 6.42 Å². The number of hydrogen-bond acceptors (Lipinski definition) is 3. The SMILES string of the molecule is NNC(Cc1ccccc1Cl)c1ccc2ccccc2n1. The highest BCUT2D eigenvalue weighted by Crippen LogP contribution is 2.23. The van der Waals surface area contributed by atoms with Gasteiger partial charge in [-0.15, -0.1) is 0 Å². The fourth-order valence-electron chi connectivity index (χ4n) is 2.41. The van der Waals surface area contributed by atoms with Crippen LogP contribution in [0.25, 0.3) is 10.9 Å². The van der Waals surface area contributed by atoms with E-state index in [1.807, 2.05) is 54.6 Å². The van der Waals surface area contributed by atoms with Crippen molar-refractivity contribution in [1.82, 2.24) is 10.4 Å². The van der Waals surface area contributed by atoms with Gasteiger partial charge in [-0.25, -0.2) is 0 Å². The summed E-state index contributed by atoms with van der Waals surface area (Å²) in [5, 5.41) is 1.87. The van der Waals surface area contributed by atoms with Gasteiger partial charge >= 0.3 is 0 Å². The van der Waals surface area contributed by atoms with E-state index in [1.165, 1.54) is 0 Å². The van der Waals surface area contributed by atoms with Crippen LogP contribution in [0.4, 0.5) is 0 Å². The monoisotopic (exact) mass is 297 g/mol. The number of aromatic nitrogens is 1. The lowest BCUT2D eigenvalue weighted by Crippen LogP contribution is -2.30. The second kappa shape index (κ2) is 6.22. The summed E-state index contributed by atoms with van der Waals surface area (Å²) < 4.78 is 0. The van der Waals surface area contributed by atoms with E-state index in [4.69, 9.17) is 17.4 Å². The van der Waals surface area contributed by atoms with Gasteiger partial charge in [0.05, 0.1) is 17.3 Å². The van der Waals surface area contributed by atoms with Crippen molar-refractivity contribution < 1.29 is 0 Å². The Morgan fingerprint density at radius 3 is 2.57 bits per heavy atom. The Hall–Kier alpha value is -1.94. The first-order valence-electron chi connectivity index (χ1n) is 6.83. The van der Waals surface area contributed by atoms with Crippen molar-refractivity contribution >= 4 is 22.5 Å². The summed E-state index contributed by atoms with van der Waals surface area (Å²) >= 11 is 6.22. The molecular weight excluding hydrogens is 282 g/mol. The second-order valence-electron chi connectivity index (χ2n) is 4.94. The van der Waals surface area contributed by atoms with Crippen molar-refractivity contribution in [3.63, 3.8) is 0 Å². The molecule has 0 radical (unpaired) electrons. The minimum Gasteiger partial charge on any atom is -0.271 e.